The van der Waals surface area contributed by atoms with Crippen LogP contribution < -0.4 is 10.6 Å². The minimum absolute atomic E-state index is 0.625. The van der Waals surface area contributed by atoms with Gasteiger partial charge in [0.25, 0.3) is 0 Å². The van der Waals surface area contributed by atoms with E-state index in [1.807, 2.05) is 25.3 Å². The van der Waals surface area contributed by atoms with Crippen molar-refractivity contribution < 1.29 is 0 Å². The first-order valence-electron chi connectivity index (χ1n) is 5.70. The van der Waals surface area contributed by atoms with E-state index in [0.29, 0.717) is 5.11 Å². The monoisotopic (exact) mass is 252 g/mol. The third-order valence-corrected chi connectivity index (χ3v) is 2.47. The molecular weight excluding hydrogens is 232 g/mol. The molecule has 94 valence electrons. The highest BCUT2D eigenvalue weighted by Crippen LogP contribution is 2.03. The first-order chi connectivity index (χ1) is 8.08. The molecule has 1 rings (SSSR count). The lowest BCUT2D eigenvalue weighted by molar-refractivity contribution is 0.400. The van der Waals surface area contributed by atoms with Crippen LogP contribution in [0.2, 0.25) is 0 Å². The molecule has 0 aromatic carbocycles. The van der Waals surface area contributed by atoms with Gasteiger partial charge < -0.3 is 15.5 Å². The lowest BCUT2D eigenvalue weighted by Gasteiger charge is -2.12. The summed E-state index contributed by atoms with van der Waals surface area (Å²) in [5.41, 5.74) is 1.14. The van der Waals surface area contributed by atoms with Crippen LogP contribution in [0.15, 0.2) is 18.3 Å². The summed E-state index contributed by atoms with van der Waals surface area (Å²) >= 11 is 5.17. The van der Waals surface area contributed by atoms with Crippen LogP contribution in [0.4, 0.5) is 5.82 Å². The van der Waals surface area contributed by atoms with Gasteiger partial charge in [-0.1, -0.05) is 6.07 Å². The summed E-state index contributed by atoms with van der Waals surface area (Å²) in [6.07, 6.45) is 2.88. The smallest absolute Gasteiger partial charge is 0.171 e. The Bertz CT molecular complexity index is 348. The van der Waals surface area contributed by atoms with Gasteiger partial charge in [0, 0.05) is 12.7 Å². The van der Waals surface area contributed by atoms with Crippen LogP contribution in [0.25, 0.3) is 0 Å². The molecule has 0 radical (unpaired) electrons. The van der Waals surface area contributed by atoms with Gasteiger partial charge in [0.1, 0.15) is 5.82 Å². The van der Waals surface area contributed by atoms with Crippen molar-refractivity contribution in [2.75, 3.05) is 32.5 Å². The van der Waals surface area contributed by atoms with E-state index in [0.717, 1.165) is 30.9 Å². The van der Waals surface area contributed by atoms with Gasteiger partial charge in [-0.3, -0.25) is 0 Å². The van der Waals surface area contributed by atoms with Crippen LogP contribution in [0.3, 0.4) is 0 Å². The van der Waals surface area contributed by atoms with Crippen LogP contribution in [-0.4, -0.2) is 42.2 Å². The molecule has 4 nitrogen and oxygen atoms in total. The Labute approximate surface area is 108 Å². The average molecular weight is 252 g/mol. The van der Waals surface area contributed by atoms with Crippen LogP contribution in [0, 0.1) is 6.92 Å². The van der Waals surface area contributed by atoms with E-state index in [-0.39, 0.29) is 0 Å². The summed E-state index contributed by atoms with van der Waals surface area (Å²) in [6, 6.07) is 3.92. The molecule has 5 heteroatoms. The van der Waals surface area contributed by atoms with Gasteiger partial charge in [0.2, 0.25) is 0 Å². The molecule has 0 amide bonds. The second-order valence-corrected chi connectivity index (χ2v) is 4.67. The second kappa shape index (κ2) is 7.19. The largest absolute Gasteiger partial charge is 0.362 e. The van der Waals surface area contributed by atoms with Gasteiger partial charge in [-0.2, -0.15) is 0 Å². The van der Waals surface area contributed by atoms with Crippen molar-refractivity contribution in [3.8, 4) is 0 Å². The Balaban J connectivity index is 2.23. The normalized spacial score (nSPS) is 10.4. The molecule has 2 N–H and O–H groups in total. The number of nitrogens with zero attached hydrogens (tertiary/aromatic N) is 2. The van der Waals surface area contributed by atoms with Gasteiger partial charge >= 0.3 is 0 Å². The maximum absolute atomic E-state index is 5.17. The van der Waals surface area contributed by atoms with Gasteiger partial charge in [-0.05, 0) is 57.8 Å². The summed E-state index contributed by atoms with van der Waals surface area (Å²) in [5.74, 6) is 0.778. The fourth-order valence-corrected chi connectivity index (χ4v) is 1.51. The molecule has 1 aromatic rings. The van der Waals surface area contributed by atoms with E-state index in [9.17, 15) is 0 Å². The quantitative estimate of drug-likeness (QED) is 0.616. The topological polar surface area (TPSA) is 40.2 Å². The predicted molar refractivity (Wildman–Crippen MR) is 76.4 cm³/mol. The number of hydrogen-bond acceptors (Lipinski definition) is 3. The van der Waals surface area contributed by atoms with Crippen molar-refractivity contribution in [1.29, 1.82) is 0 Å². The highest BCUT2D eigenvalue weighted by molar-refractivity contribution is 7.80. The predicted octanol–water partition coefficient (Wildman–Crippen LogP) is 1.63. The maximum atomic E-state index is 5.17. The zero-order chi connectivity index (χ0) is 12.7. The van der Waals surface area contributed by atoms with Gasteiger partial charge in [-0.15, -0.1) is 0 Å². The van der Waals surface area contributed by atoms with E-state index in [1.54, 1.807) is 0 Å². The molecule has 0 aliphatic heterocycles. The van der Waals surface area contributed by atoms with E-state index in [2.05, 4.69) is 34.6 Å². The third-order valence-electron chi connectivity index (χ3n) is 2.22. The fraction of sp³-hybridized carbons (Fsp3) is 0.500. The van der Waals surface area contributed by atoms with E-state index < -0.39 is 0 Å². The Morgan fingerprint density at radius 3 is 2.76 bits per heavy atom. The molecule has 1 heterocycles. The highest BCUT2D eigenvalue weighted by atomic mass is 32.1. The van der Waals surface area contributed by atoms with Gasteiger partial charge in [0.15, 0.2) is 5.11 Å². The van der Waals surface area contributed by atoms with E-state index >= 15 is 0 Å². The fourth-order valence-electron chi connectivity index (χ4n) is 1.30. The van der Waals surface area contributed by atoms with Crippen LogP contribution in [0.5, 0.6) is 0 Å². The summed E-state index contributed by atoms with van der Waals surface area (Å²) < 4.78 is 0. The van der Waals surface area contributed by atoms with Crippen molar-refractivity contribution in [2.45, 2.75) is 13.3 Å². The van der Waals surface area contributed by atoms with E-state index in [1.165, 1.54) is 0 Å². The molecule has 1 aromatic heterocycles. The second-order valence-electron chi connectivity index (χ2n) is 4.26. The van der Waals surface area contributed by atoms with Crippen molar-refractivity contribution in [1.82, 2.24) is 15.2 Å². The number of hydrogen-bond donors (Lipinski definition) is 2. The molecule has 0 bridgehead atoms. The first kappa shape index (κ1) is 13.9. The number of aryl methyl sites for hydroxylation is 1. The van der Waals surface area contributed by atoms with Crippen molar-refractivity contribution >= 4 is 23.1 Å². The summed E-state index contributed by atoms with van der Waals surface area (Å²) in [4.78, 5) is 6.38. The number of rotatable bonds is 5. The number of anilines is 1. The summed E-state index contributed by atoms with van der Waals surface area (Å²) in [6.45, 7) is 3.93. The minimum atomic E-state index is 0.625. The molecule has 0 saturated heterocycles. The number of pyridine rings is 1. The van der Waals surface area contributed by atoms with Crippen LogP contribution >= 0.6 is 12.2 Å². The molecule has 0 saturated carbocycles. The zero-order valence-electron chi connectivity index (χ0n) is 10.7. The minimum Gasteiger partial charge on any atom is -0.362 e. The van der Waals surface area contributed by atoms with Crippen molar-refractivity contribution in [2.24, 2.45) is 0 Å². The number of thiocarbonyl (C=S) groups is 1. The number of aromatic nitrogens is 1. The molecule has 0 aliphatic carbocycles. The zero-order valence-corrected chi connectivity index (χ0v) is 11.5. The van der Waals surface area contributed by atoms with Gasteiger partial charge in [-0.25, -0.2) is 4.98 Å². The lowest BCUT2D eigenvalue weighted by atomic mass is 10.3. The molecule has 0 spiro atoms. The Morgan fingerprint density at radius 2 is 2.18 bits per heavy atom. The third kappa shape index (κ3) is 6.19. The van der Waals surface area contributed by atoms with Gasteiger partial charge in [0.05, 0.1) is 0 Å². The Morgan fingerprint density at radius 1 is 1.41 bits per heavy atom. The standard InChI is InChI=1S/C12H20N4S/c1-10-5-6-11(14-9-10)15-12(17)13-7-4-8-16(2)3/h5-6,9H,4,7-8H2,1-3H3,(H2,13,14,15,17). The van der Waals surface area contributed by atoms with Crippen LogP contribution in [0.1, 0.15) is 12.0 Å². The Kier molecular flexibility index (Phi) is 5.86. The average Bonchev–Trinajstić information content (AvgIpc) is 2.27. The lowest BCUT2D eigenvalue weighted by Crippen LogP contribution is -2.31. The van der Waals surface area contributed by atoms with Crippen molar-refractivity contribution in [3.63, 3.8) is 0 Å². The summed E-state index contributed by atoms with van der Waals surface area (Å²) in [5, 5.41) is 6.83. The highest BCUT2D eigenvalue weighted by Gasteiger charge is 1.98. The van der Waals surface area contributed by atoms with Crippen molar-refractivity contribution in [3.05, 3.63) is 23.9 Å². The molecular formula is C12H20N4S. The first-order valence-corrected chi connectivity index (χ1v) is 6.11. The SMILES string of the molecule is Cc1ccc(NC(=S)NCCCN(C)C)nc1. The van der Waals surface area contributed by atoms with E-state index in [4.69, 9.17) is 12.2 Å². The molecule has 0 fully saturated rings. The van der Waals surface area contributed by atoms with Crippen LogP contribution in [-0.2, 0) is 0 Å². The molecule has 0 aliphatic rings. The maximum Gasteiger partial charge on any atom is 0.171 e. The summed E-state index contributed by atoms with van der Waals surface area (Å²) in [7, 11) is 4.12. The Hall–Kier alpha value is -1.20. The molecule has 17 heavy (non-hydrogen) atoms. The molecule has 0 atom stereocenters. The number of nitrogens with one attached hydrogen (secondary N) is 2. The molecule has 0 unspecified atom stereocenters.